The van der Waals surface area contributed by atoms with Crippen LogP contribution in [-0.4, -0.2) is 48.0 Å². The zero-order chi connectivity index (χ0) is 19.2. The summed E-state index contributed by atoms with van der Waals surface area (Å²) in [7, 11) is 4.92. The number of hydrogen-bond donors (Lipinski definition) is 0. The van der Waals surface area contributed by atoms with Crippen molar-refractivity contribution in [2.45, 2.75) is 11.8 Å². The predicted octanol–water partition coefficient (Wildman–Crippen LogP) is 3.57. The minimum Gasteiger partial charge on any atom is -0.493 e. The second kappa shape index (κ2) is 8.92. The lowest BCUT2D eigenvalue weighted by Gasteiger charge is -2.15. The second-order valence-electron chi connectivity index (χ2n) is 5.56. The van der Waals surface area contributed by atoms with Crippen molar-refractivity contribution in [2.24, 2.45) is 0 Å². The van der Waals surface area contributed by atoms with Crippen molar-refractivity contribution in [3.8, 4) is 23.0 Å². The minimum absolute atomic E-state index is 0.000679. The van der Waals surface area contributed by atoms with Crippen LogP contribution < -0.4 is 9.47 Å². The van der Waals surface area contributed by atoms with Gasteiger partial charge in [-0.05, 0) is 29.6 Å². The SMILES string of the molecule is COc1ccc(-c2nnc(SCC(=O)N(C)Cc3cccs3)o2)cc1OC. The molecule has 3 aromatic rings. The maximum atomic E-state index is 12.3. The summed E-state index contributed by atoms with van der Waals surface area (Å²) >= 11 is 2.85. The van der Waals surface area contributed by atoms with Crippen molar-refractivity contribution in [1.29, 1.82) is 0 Å². The first-order valence-electron chi connectivity index (χ1n) is 8.05. The zero-order valence-electron chi connectivity index (χ0n) is 15.2. The highest BCUT2D eigenvalue weighted by Gasteiger charge is 2.15. The molecule has 0 unspecified atom stereocenters. The van der Waals surface area contributed by atoms with Gasteiger partial charge in [-0.15, -0.1) is 21.5 Å². The molecule has 0 bridgehead atoms. The standard InChI is InChI=1S/C18H19N3O4S2/c1-21(10-13-5-4-8-26-13)16(22)11-27-18-20-19-17(25-18)12-6-7-14(23-2)15(9-12)24-3/h4-9H,10-11H2,1-3H3. The number of aromatic nitrogens is 2. The summed E-state index contributed by atoms with van der Waals surface area (Å²) in [6, 6.07) is 9.33. The lowest BCUT2D eigenvalue weighted by Crippen LogP contribution is -2.27. The number of carbonyl (C=O) groups is 1. The Morgan fingerprint density at radius 1 is 1.22 bits per heavy atom. The van der Waals surface area contributed by atoms with Gasteiger partial charge in [0.05, 0.1) is 26.5 Å². The molecule has 2 heterocycles. The highest BCUT2D eigenvalue weighted by Crippen LogP contribution is 2.32. The number of hydrogen-bond acceptors (Lipinski definition) is 8. The average molecular weight is 406 g/mol. The molecule has 7 nitrogen and oxygen atoms in total. The van der Waals surface area contributed by atoms with Crippen LogP contribution in [0.1, 0.15) is 4.88 Å². The van der Waals surface area contributed by atoms with Crippen LogP contribution in [0.3, 0.4) is 0 Å². The Morgan fingerprint density at radius 3 is 2.74 bits per heavy atom. The third kappa shape index (κ3) is 4.81. The van der Waals surface area contributed by atoms with Crippen LogP contribution in [0.25, 0.3) is 11.5 Å². The number of nitrogens with zero attached hydrogens (tertiary/aromatic N) is 3. The molecule has 0 N–H and O–H groups in total. The van der Waals surface area contributed by atoms with Gasteiger partial charge >= 0.3 is 0 Å². The maximum Gasteiger partial charge on any atom is 0.277 e. The summed E-state index contributed by atoms with van der Waals surface area (Å²) in [4.78, 5) is 15.1. The number of methoxy groups -OCH3 is 2. The molecule has 3 rings (SSSR count). The van der Waals surface area contributed by atoms with E-state index in [1.54, 1.807) is 49.6 Å². The fourth-order valence-corrected chi connectivity index (χ4v) is 3.77. The van der Waals surface area contributed by atoms with E-state index >= 15 is 0 Å². The van der Waals surface area contributed by atoms with Gasteiger partial charge in [0.2, 0.25) is 11.8 Å². The van der Waals surface area contributed by atoms with Gasteiger partial charge in [-0.1, -0.05) is 17.8 Å². The molecular weight excluding hydrogens is 386 g/mol. The first kappa shape index (κ1) is 19.2. The van der Waals surface area contributed by atoms with Gasteiger partial charge in [-0.3, -0.25) is 4.79 Å². The molecule has 0 aliphatic carbocycles. The Labute approximate surface area is 165 Å². The van der Waals surface area contributed by atoms with Crippen molar-refractivity contribution in [2.75, 3.05) is 27.0 Å². The van der Waals surface area contributed by atoms with Crippen molar-refractivity contribution in [1.82, 2.24) is 15.1 Å². The summed E-state index contributed by atoms with van der Waals surface area (Å²) < 4.78 is 16.2. The van der Waals surface area contributed by atoms with E-state index in [1.165, 1.54) is 11.8 Å². The lowest BCUT2D eigenvalue weighted by molar-refractivity contribution is -0.127. The van der Waals surface area contributed by atoms with Crippen molar-refractivity contribution >= 4 is 29.0 Å². The monoisotopic (exact) mass is 405 g/mol. The Morgan fingerprint density at radius 2 is 2.04 bits per heavy atom. The summed E-state index contributed by atoms with van der Waals surface area (Å²) in [5.41, 5.74) is 0.716. The van der Waals surface area contributed by atoms with Gasteiger partial charge in [-0.2, -0.15) is 0 Å². The topological polar surface area (TPSA) is 77.7 Å². The molecule has 1 aromatic carbocycles. The maximum absolute atomic E-state index is 12.3. The highest BCUT2D eigenvalue weighted by atomic mass is 32.2. The zero-order valence-corrected chi connectivity index (χ0v) is 16.8. The minimum atomic E-state index is -0.000679. The third-order valence-corrected chi connectivity index (χ3v) is 5.42. The Balaban J connectivity index is 1.60. The Kier molecular flexibility index (Phi) is 6.36. The molecule has 0 aliphatic rings. The van der Waals surface area contributed by atoms with Gasteiger partial charge in [0.15, 0.2) is 11.5 Å². The van der Waals surface area contributed by atoms with Gasteiger partial charge in [-0.25, -0.2) is 0 Å². The van der Waals surface area contributed by atoms with E-state index in [2.05, 4.69) is 10.2 Å². The summed E-state index contributed by atoms with van der Waals surface area (Å²) in [5, 5.41) is 10.4. The van der Waals surface area contributed by atoms with E-state index in [4.69, 9.17) is 13.9 Å². The van der Waals surface area contributed by atoms with Gasteiger partial charge in [0.25, 0.3) is 5.22 Å². The van der Waals surface area contributed by atoms with E-state index in [9.17, 15) is 4.79 Å². The molecular formula is C18H19N3O4S2. The lowest BCUT2D eigenvalue weighted by atomic mass is 10.2. The molecule has 0 fully saturated rings. The van der Waals surface area contributed by atoms with Gasteiger partial charge in [0.1, 0.15) is 0 Å². The average Bonchev–Trinajstić information content (AvgIpc) is 3.37. The van der Waals surface area contributed by atoms with Crippen LogP contribution in [-0.2, 0) is 11.3 Å². The molecule has 2 aromatic heterocycles. The Hall–Kier alpha value is -2.52. The van der Waals surface area contributed by atoms with E-state index in [-0.39, 0.29) is 11.7 Å². The summed E-state index contributed by atoms with van der Waals surface area (Å²) in [6.07, 6.45) is 0. The molecule has 27 heavy (non-hydrogen) atoms. The first-order chi connectivity index (χ1) is 13.1. The largest absolute Gasteiger partial charge is 0.493 e. The number of amides is 1. The van der Waals surface area contributed by atoms with Crippen LogP contribution in [0, 0.1) is 0 Å². The third-order valence-electron chi connectivity index (χ3n) is 3.75. The summed E-state index contributed by atoms with van der Waals surface area (Å²) in [5.74, 6) is 1.79. The molecule has 1 amide bonds. The smallest absolute Gasteiger partial charge is 0.277 e. The van der Waals surface area contributed by atoms with Crippen molar-refractivity contribution in [3.63, 3.8) is 0 Å². The molecule has 0 saturated heterocycles. The summed E-state index contributed by atoms with van der Waals surface area (Å²) in [6.45, 7) is 0.595. The molecule has 0 spiro atoms. The molecule has 142 valence electrons. The second-order valence-corrected chi connectivity index (χ2v) is 7.52. The number of thioether (sulfide) groups is 1. The molecule has 0 radical (unpaired) electrons. The highest BCUT2D eigenvalue weighted by molar-refractivity contribution is 7.99. The molecule has 9 heteroatoms. The van der Waals surface area contributed by atoms with Gasteiger partial charge in [0, 0.05) is 17.5 Å². The van der Waals surface area contributed by atoms with E-state index < -0.39 is 0 Å². The van der Waals surface area contributed by atoms with E-state index in [1.807, 2.05) is 23.6 Å². The fourth-order valence-electron chi connectivity index (χ4n) is 2.31. The molecule has 0 atom stereocenters. The van der Waals surface area contributed by atoms with Crippen LogP contribution in [0.5, 0.6) is 11.5 Å². The normalized spacial score (nSPS) is 10.6. The molecule has 0 saturated carbocycles. The van der Waals surface area contributed by atoms with Crippen LogP contribution in [0.4, 0.5) is 0 Å². The Bertz CT molecular complexity index is 896. The number of rotatable bonds is 8. The number of ether oxygens (including phenoxy) is 2. The van der Waals surface area contributed by atoms with Crippen molar-refractivity contribution < 1.29 is 18.7 Å². The van der Waals surface area contributed by atoms with Crippen LogP contribution >= 0.6 is 23.1 Å². The van der Waals surface area contributed by atoms with E-state index in [0.29, 0.717) is 34.7 Å². The quantitative estimate of drug-likeness (QED) is 0.530. The van der Waals surface area contributed by atoms with Crippen LogP contribution in [0.2, 0.25) is 0 Å². The number of thiophene rings is 1. The molecule has 0 aliphatic heterocycles. The fraction of sp³-hybridized carbons (Fsp3) is 0.278. The van der Waals surface area contributed by atoms with Crippen LogP contribution in [0.15, 0.2) is 45.4 Å². The van der Waals surface area contributed by atoms with Crippen molar-refractivity contribution in [3.05, 3.63) is 40.6 Å². The predicted molar refractivity (Wildman–Crippen MR) is 104 cm³/mol. The number of benzene rings is 1. The van der Waals surface area contributed by atoms with E-state index in [0.717, 1.165) is 4.88 Å². The van der Waals surface area contributed by atoms with Gasteiger partial charge < -0.3 is 18.8 Å². The first-order valence-corrected chi connectivity index (χ1v) is 9.92. The number of carbonyl (C=O) groups excluding carboxylic acids is 1.